The number of hydrogen-bond acceptors (Lipinski definition) is 2. The van der Waals surface area contributed by atoms with E-state index in [1.54, 1.807) is 14.0 Å². The molecular weight excluding hydrogens is 142 g/mol. The number of nitrogens with one attached hydrogen (secondary N) is 1. The van der Waals surface area contributed by atoms with Gasteiger partial charge in [-0.2, -0.15) is 0 Å². The molecule has 3 nitrogen and oxygen atoms in total. The summed E-state index contributed by atoms with van der Waals surface area (Å²) in [6.07, 6.45) is 3.16. The molecule has 1 saturated carbocycles. The van der Waals surface area contributed by atoms with Crippen LogP contribution in [0.2, 0.25) is 0 Å². The topological polar surface area (TPSA) is 49.3 Å². The van der Waals surface area contributed by atoms with Crippen molar-refractivity contribution in [2.24, 2.45) is 5.92 Å². The second-order valence-electron chi connectivity index (χ2n) is 3.53. The summed E-state index contributed by atoms with van der Waals surface area (Å²) in [6, 6.07) is 0. The summed E-state index contributed by atoms with van der Waals surface area (Å²) < 4.78 is 0. The molecule has 64 valence electrons. The molecule has 0 aromatic carbocycles. The van der Waals surface area contributed by atoms with Crippen molar-refractivity contribution >= 4 is 5.97 Å². The van der Waals surface area contributed by atoms with E-state index in [-0.39, 0.29) is 0 Å². The molecule has 1 fully saturated rings. The van der Waals surface area contributed by atoms with Crippen molar-refractivity contribution in [3.63, 3.8) is 0 Å². The lowest BCUT2D eigenvalue weighted by atomic mass is 9.95. The zero-order valence-electron chi connectivity index (χ0n) is 7.05. The Kier molecular flexibility index (Phi) is 2.18. The van der Waals surface area contributed by atoms with Gasteiger partial charge >= 0.3 is 5.97 Å². The van der Waals surface area contributed by atoms with Gasteiger partial charge in [-0.05, 0) is 26.3 Å². The van der Waals surface area contributed by atoms with Crippen LogP contribution in [0.1, 0.15) is 26.2 Å². The Labute approximate surface area is 66.8 Å². The molecule has 0 spiro atoms. The van der Waals surface area contributed by atoms with E-state index in [2.05, 4.69) is 5.32 Å². The molecule has 1 aliphatic carbocycles. The molecule has 0 aromatic heterocycles. The Hall–Kier alpha value is -0.570. The molecule has 11 heavy (non-hydrogen) atoms. The van der Waals surface area contributed by atoms with Crippen molar-refractivity contribution in [3.05, 3.63) is 0 Å². The number of aliphatic carboxylic acids is 1. The maximum Gasteiger partial charge on any atom is 0.323 e. The van der Waals surface area contributed by atoms with Crippen molar-refractivity contribution in [1.82, 2.24) is 5.32 Å². The molecule has 0 bridgehead atoms. The van der Waals surface area contributed by atoms with Crippen LogP contribution in [0.25, 0.3) is 0 Å². The van der Waals surface area contributed by atoms with Crippen molar-refractivity contribution < 1.29 is 9.90 Å². The highest BCUT2D eigenvalue weighted by atomic mass is 16.4. The van der Waals surface area contributed by atoms with E-state index in [9.17, 15) is 4.79 Å². The standard InChI is InChI=1S/C8H15NO2/c1-8(9-2,7(10)11)5-6-3-4-6/h6,9H,3-5H2,1-2H3,(H,10,11). The third-order valence-electron chi connectivity index (χ3n) is 2.42. The predicted octanol–water partition coefficient (Wildman–Crippen LogP) is 0.849. The van der Waals surface area contributed by atoms with Crippen LogP contribution in [0.4, 0.5) is 0 Å². The van der Waals surface area contributed by atoms with Crippen LogP contribution < -0.4 is 5.32 Å². The number of likely N-dealkylation sites (N-methyl/N-ethyl adjacent to an activating group) is 1. The van der Waals surface area contributed by atoms with Crippen LogP contribution in [0.5, 0.6) is 0 Å². The van der Waals surface area contributed by atoms with Gasteiger partial charge in [0.15, 0.2) is 0 Å². The Bertz CT molecular complexity index is 165. The van der Waals surface area contributed by atoms with Crippen molar-refractivity contribution in [2.75, 3.05) is 7.05 Å². The molecule has 0 amide bonds. The van der Waals surface area contributed by atoms with Crippen molar-refractivity contribution in [1.29, 1.82) is 0 Å². The largest absolute Gasteiger partial charge is 0.480 e. The number of carboxylic acids is 1. The van der Waals surface area contributed by atoms with Gasteiger partial charge in [-0.1, -0.05) is 12.8 Å². The van der Waals surface area contributed by atoms with Crippen molar-refractivity contribution in [2.45, 2.75) is 31.7 Å². The summed E-state index contributed by atoms with van der Waals surface area (Å²) in [5, 5.41) is 11.7. The number of hydrogen-bond donors (Lipinski definition) is 2. The molecule has 1 aliphatic rings. The first-order chi connectivity index (χ1) is 5.08. The van der Waals surface area contributed by atoms with Crippen molar-refractivity contribution in [3.8, 4) is 0 Å². The van der Waals surface area contributed by atoms with Gasteiger partial charge < -0.3 is 10.4 Å². The highest BCUT2D eigenvalue weighted by molar-refractivity contribution is 5.78. The third-order valence-corrected chi connectivity index (χ3v) is 2.42. The van der Waals surface area contributed by atoms with E-state index in [4.69, 9.17) is 5.11 Å². The van der Waals surface area contributed by atoms with Crippen LogP contribution in [-0.2, 0) is 4.79 Å². The van der Waals surface area contributed by atoms with Gasteiger partial charge in [0.05, 0.1) is 0 Å². The minimum absolute atomic E-state index is 0.642. The summed E-state index contributed by atoms with van der Waals surface area (Å²) in [4.78, 5) is 10.8. The van der Waals surface area contributed by atoms with Gasteiger partial charge in [-0.25, -0.2) is 0 Å². The van der Waals surface area contributed by atoms with E-state index in [1.165, 1.54) is 12.8 Å². The first-order valence-corrected chi connectivity index (χ1v) is 4.01. The molecule has 3 heteroatoms. The summed E-state index contributed by atoms with van der Waals surface area (Å²) in [6.45, 7) is 1.74. The smallest absolute Gasteiger partial charge is 0.323 e. The van der Waals surface area contributed by atoms with E-state index < -0.39 is 11.5 Å². The van der Waals surface area contributed by atoms with Crippen LogP contribution >= 0.6 is 0 Å². The van der Waals surface area contributed by atoms with Crippen LogP contribution in [0.15, 0.2) is 0 Å². The van der Waals surface area contributed by atoms with Crippen LogP contribution in [0, 0.1) is 5.92 Å². The second kappa shape index (κ2) is 2.81. The lowest BCUT2D eigenvalue weighted by Gasteiger charge is -2.23. The minimum Gasteiger partial charge on any atom is -0.480 e. The Morgan fingerprint density at radius 3 is 2.55 bits per heavy atom. The van der Waals surface area contributed by atoms with Gasteiger partial charge in [0.1, 0.15) is 5.54 Å². The Balaban J connectivity index is 2.49. The molecular formula is C8H15NO2. The Morgan fingerprint density at radius 2 is 2.27 bits per heavy atom. The average molecular weight is 157 g/mol. The molecule has 0 radical (unpaired) electrons. The second-order valence-corrected chi connectivity index (χ2v) is 3.53. The molecule has 1 atom stereocenters. The molecule has 1 unspecified atom stereocenters. The molecule has 0 aliphatic heterocycles. The fourth-order valence-electron chi connectivity index (χ4n) is 1.20. The lowest BCUT2D eigenvalue weighted by Crippen LogP contribution is -2.47. The summed E-state index contributed by atoms with van der Waals surface area (Å²) in [7, 11) is 1.70. The fourth-order valence-corrected chi connectivity index (χ4v) is 1.20. The maximum absolute atomic E-state index is 10.8. The molecule has 0 heterocycles. The van der Waals surface area contributed by atoms with E-state index >= 15 is 0 Å². The molecule has 1 rings (SSSR count). The van der Waals surface area contributed by atoms with Gasteiger partial charge in [0, 0.05) is 0 Å². The monoisotopic (exact) mass is 157 g/mol. The van der Waals surface area contributed by atoms with E-state index in [0.29, 0.717) is 5.92 Å². The maximum atomic E-state index is 10.8. The molecule has 2 N–H and O–H groups in total. The first kappa shape index (κ1) is 8.53. The van der Waals surface area contributed by atoms with E-state index in [0.717, 1.165) is 6.42 Å². The Morgan fingerprint density at radius 1 is 1.73 bits per heavy atom. The minimum atomic E-state index is -0.744. The normalized spacial score (nSPS) is 22.7. The van der Waals surface area contributed by atoms with E-state index in [1.807, 2.05) is 0 Å². The zero-order chi connectivity index (χ0) is 8.48. The van der Waals surface area contributed by atoms with Crippen LogP contribution in [-0.4, -0.2) is 23.7 Å². The molecule has 0 saturated heterocycles. The third kappa shape index (κ3) is 1.93. The predicted molar refractivity (Wildman–Crippen MR) is 42.4 cm³/mol. The van der Waals surface area contributed by atoms with Gasteiger partial charge in [-0.15, -0.1) is 0 Å². The van der Waals surface area contributed by atoms with Gasteiger partial charge in [0.2, 0.25) is 0 Å². The summed E-state index contributed by atoms with van der Waals surface area (Å²) in [5.41, 5.74) is -0.707. The summed E-state index contributed by atoms with van der Waals surface area (Å²) >= 11 is 0. The highest BCUT2D eigenvalue weighted by Crippen LogP contribution is 2.36. The summed E-state index contributed by atoms with van der Waals surface area (Å²) in [5.74, 6) is -0.101. The first-order valence-electron chi connectivity index (χ1n) is 4.01. The zero-order valence-corrected chi connectivity index (χ0v) is 7.05. The lowest BCUT2D eigenvalue weighted by molar-refractivity contribution is -0.144. The number of rotatable bonds is 4. The van der Waals surface area contributed by atoms with Gasteiger partial charge in [0.25, 0.3) is 0 Å². The highest BCUT2D eigenvalue weighted by Gasteiger charge is 2.37. The quantitative estimate of drug-likeness (QED) is 0.636. The number of carboxylic acid groups (broad SMARTS) is 1. The average Bonchev–Trinajstić information content (AvgIpc) is 2.71. The fraction of sp³-hybridized carbons (Fsp3) is 0.875. The molecule has 0 aromatic rings. The SMILES string of the molecule is CNC(C)(CC1CC1)C(=O)O. The van der Waals surface area contributed by atoms with Crippen LogP contribution in [0.3, 0.4) is 0 Å². The van der Waals surface area contributed by atoms with Gasteiger partial charge in [-0.3, -0.25) is 4.79 Å². The number of carbonyl (C=O) groups is 1.